The lowest BCUT2D eigenvalue weighted by atomic mass is 10.1. The lowest BCUT2D eigenvalue weighted by Gasteiger charge is -2.40. The number of halogens is 6. The maximum Gasteiger partial charge on any atom is 0.416 e. The molecule has 2 atom stereocenters. The number of likely N-dealkylation sites (N-methyl/N-ethyl adjacent to an activating group) is 1. The number of hydrogen-bond acceptors (Lipinski definition) is 4. The molecule has 2 aromatic rings. The summed E-state index contributed by atoms with van der Waals surface area (Å²) < 4.78 is 75.5. The summed E-state index contributed by atoms with van der Waals surface area (Å²) in [5, 5.41) is -0.769. The molecule has 0 N–H and O–H groups in total. The highest BCUT2D eigenvalue weighted by Crippen LogP contribution is 2.41. The minimum absolute atomic E-state index is 0.0210. The number of amides is 2. The fraction of sp³-hybridized carbons (Fsp3) is 0.480. The highest BCUT2D eigenvalue weighted by molar-refractivity contribution is 6.74. The van der Waals surface area contributed by atoms with Crippen LogP contribution in [0.2, 0.25) is 23.2 Å². The Morgan fingerprint density at radius 2 is 1.74 bits per heavy atom. The van der Waals surface area contributed by atoms with Crippen LogP contribution in [0.4, 0.5) is 33.5 Å². The number of aryl methyl sites for hydroxylation is 1. The molecule has 1 aliphatic heterocycles. The molecule has 1 fully saturated rings. The first kappa shape index (κ1) is 30.0. The van der Waals surface area contributed by atoms with Crippen LogP contribution in [-0.4, -0.2) is 44.3 Å². The number of carbonyl (C=O) groups excluding carboxylic acids is 2. The number of pyridine rings is 1. The van der Waals surface area contributed by atoms with Gasteiger partial charge >= 0.3 is 6.18 Å². The maximum absolute atomic E-state index is 14.7. The van der Waals surface area contributed by atoms with Gasteiger partial charge in [0.1, 0.15) is 23.5 Å². The molecule has 1 aliphatic rings. The zero-order chi connectivity index (χ0) is 29.0. The van der Waals surface area contributed by atoms with Crippen LogP contribution in [0, 0.1) is 18.6 Å². The minimum atomic E-state index is -4.73. The zero-order valence-corrected chi connectivity index (χ0v) is 23.8. The number of nitrogens with zero attached hydrogens (tertiary/aromatic N) is 3. The van der Waals surface area contributed by atoms with E-state index in [0.29, 0.717) is 12.1 Å². The van der Waals surface area contributed by atoms with Crippen LogP contribution in [0.1, 0.15) is 38.4 Å². The van der Waals surface area contributed by atoms with Gasteiger partial charge < -0.3 is 9.33 Å². The van der Waals surface area contributed by atoms with Crippen molar-refractivity contribution in [1.29, 1.82) is 0 Å². The van der Waals surface area contributed by atoms with Crippen LogP contribution in [0.15, 0.2) is 24.3 Å². The first-order valence-corrected chi connectivity index (χ1v) is 15.0. The van der Waals surface area contributed by atoms with Gasteiger partial charge in [-0.15, -0.1) is 0 Å². The van der Waals surface area contributed by atoms with Gasteiger partial charge in [-0.3, -0.25) is 14.5 Å². The van der Waals surface area contributed by atoms with Crippen LogP contribution in [0.3, 0.4) is 0 Å². The molecular formula is C25H29ClF5N3O3Si. The monoisotopic (exact) mass is 577 g/mol. The number of aromatic nitrogens is 1. The lowest BCUT2D eigenvalue weighted by molar-refractivity contribution is -0.137. The van der Waals surface area contributed by atoms with Crippen molar-refractivity contribution in [1.82, 2.24) is 4.98 Å². The van der Waals surface area contributed by atoms with Crippen molar-refractivity contribution in [2.45, 2.75) is 70.6 Å². The summed E-state index contributed by atoms with van der Waals surface area (Å²) in [4.78, 5) is 32.9. The zero-order valence-electron chi connectivity index (χ0n) is 22.0. The smallest absolute Gasteiger partial charge is 0.411 e. The molecule has 3 rings (SSSR count). The first-order chi connectivity index (χ1) is 17.2. The molecule has 0 radical (unpaired) electrons. The number of rotatable bonds is 5. The second-order valence-corrected chi connectivity index (χ2v) is 16.0. The third-order valence-corrected chi connectivity index (χ3v) is 11.8. The fourth-order valence-electron chi connectivity index (χ4n) is 3.93. The van der Waals surface area contributed by atoms with E-state index >= 15 is 0 Å². The molecule has 2 heterocycles. The SMILES string of the molecule is Cc1cc(C(F)(F)F)cc(N2C(=O)C[C@H](O[Si](C)(C)C(C)(C)C)[C@H]2C(=O)N(C)c2cc(Cl)c(F)cc2F)n1. The van der Waals surface area contributed by atoms with E-state index in [0.717, 1.165) is 21.9 Å². The van der Waals surface area contributed by atoms with Crippen molar-refractivity contribution in [2.75, 3.05) is 16.8 Å². The Balaban J connectivity index is 2.15. The molecule has 0 spiro atoms. The Labute approximate surface area is 223 Å². The van der Waals surface area contributed by atoms with E-state index in [2.05, 4.69) is 4.98 Å². The van der Waals surface area contributed by atoms with Gasteiger partial charge in [0.25, 0.3) is 5.91 Å². The Morgan fingerprint density at radius 1 is 1.13 bits per heavy atom. The average Bonchev–Trinajstić information content (AvgIpc) is 3.08. The molecule has 0 aliphatic carbocycles. The second-order valence-electron chi connectivity index (χ2n) is 10.8. The second kappa shape index (κ2) is 10.2. The van der Waals surface area contributed by atoms with Crippen molar-refractivity contribution in [3.05, 3.63) is 52.2 Å². The molecule has 0 saturated carbocycles. The summed E-state index contributed by atoms with van der Waals surface area (Å²) in [5.41, 5.74) is -1.44. The van der Waals surface area contributed by atoms with Crippen LogP contribution in [-0.2, 0) is 20.2 Å². The van der Waals surface area contributed by atoms with E-state index in [1.165, 1.54) is 14.0 Å². The molecule has 208 valence electrons. The number of hydrogen-bond donors (Lipinski definition) is 0. The third kappa shape index (κ3) is 5.86. The molecule has 2 amide bonds. The highest BCUT2D eigenvalue weighted by atomic mass is 35.5. The molecule has 38 heavy (non-hydrogen) atoms. The van der Waals surface area contributed by atoms with Crippen LogP contribution < -0.4 is 9.80 Å². The number of benzene rings is 1. The lowest BCUT2D eigenvalue weighted by Crippen LogP contribution is -2.54. The summed E-state index contributed by atoms with van der Waals surface area (Å²) >= 11 is 5.81. The van der Waals surface area contributed by atoms with Crippen LogP contribution in [0.25, 0.3) is 0 Å². The summed E-state index contributed by atoms with van der Waals surface area (Å²) in [6.45, 7) is 11.0. The number of carbonyl (C=O) groups is 2. The van der Waals surface area contributed by atoms with E-state index in [1.54, 1.807) is 0 Å². The topological polar surface area (TPSA) is 62.7 Å². The van der Waals surface area contributed by atoms with E-state index in [1.807, 2.05) is 33.9 Å². The van der Waals surface area contributed by atoms with Crippen molar-refractivity contribution < 1.29 is 36.0 Å². The van der Waals surface area contributed by atoms with Crippen molar-refractivity contribution in [2.24, 2.45) is 0 Å². The van der Waals surface area contributed by atoms with Crippen LogP contribution >= 0.6 is 11.6 Å². The van der Waals surface area contributed by atoms with Gasteiger partial charge in [-0.2, -0.15) is 13.2 Å². The van der Waals surface area contributed by atoms with Gasteiger partial charge in [0.15, 0.2) is 8.32 Å². The molecule has 0 unspecified atom stereocenters. The van der Waals surface area contributed by atoms with Gasteiger partial charge in [-0.05, 0) is 43.3 Å². The first-order valence-electron chi connectivity index (χ1n) is 11.7. The minimum Gasteiger partial charge on any atom is -0.411 e. The molecule has 13 heteroatoms. The molecule has 6 nitrogen and oxygen atoms in total. The summed E-state index contributed by atoms with van der Waals surface area (Å²) in [7, 11) is -1.41. The standard InChI is InChI=1S/C25H29ClF5N3O3Si/c1-13-8-14(25(29,30)31)9-20(32-13)34-21(35)12-19(37-38(6,7)24(2,3)4)22(34)23(36)33(5)18-10-15(26)16(27)11-17(18)28/h8-11,19,22H,12H2,1-7H3/t19-,22-/m0/s1. The van der Waals surface area contributed by atoms with Crippen molar-refractivity contribution in [3.8, 4) is 0 Å². The molecule has 1 aromatic heterocycles. The van der Waals surface area contributed by atoms with Gasteiger partial charge in [0.2, 0.25) is 5.91 Å². The van der Waals surface area contributed by atoms with Crippen molar-refractivity contribution in [3.63, 3.8) is 0 Å². The molecule has 0 bridgehead atoms. The van der Waals surface area contributed by atoms with E-state index < -0.39 is 60.7 Å². The summed E-state index contributed by atoms with van der Waals surface area (Å²) in [5.74, 6) is -4.04. The summed E-state index contributed by atoms with van der Waals surface area (Å²) in [6, 6.07) is 1.48. The van der Waals surface area contributed by atoms with Gasteiger partial charge in [0, 0.05) is 18.8 Å². The summed E-state index contributed by atoms with van der Waals surface area (Å²) in [6.07, 6.45) is -6.10. The van der Waals surface area contributed by atoms with E-state index in [9.17, 15) is 31.5 Å². The Morgan fingerprint density at radius 3 is 2.29 bits per heavy atom. The van der Waals surface area contributed by atoms with Gasteiger partial charge in [-0.1, -0.05) is 32.4 Å². The predicted octanol–water partition coefficient (Wildman–Crippen LogP) is 6.50. The van der Waals surface area contributed by atoms with Gasteiger partial charge in [-0.25, -0.2) is 13.8 Å². The predicted molar refractivity (Wildman–Crippen MR) is 137 cm³/mol. The number of anilines is 2. The maximum atomic E-state index is 14.7. The molecule has 1 aromatic carbocycles. The Hall–Kier alpha value is -2.57. The quantitative estimate of drug-likeness (QED) is 0.231. The molecular weight excluding hydrogens is 549 g/mol. The Kier molecular flexibility index (Phi) is 8.04. The normalized spacial score (nSPS) is 18.8. The Bertz CT molecular complexity index is 1270. The number of alkyl halides is 3. The van der Waals surface area contributed by atoms with Gasteiger partial charge in [0.05, 0.1) is 28.8 Å². The largest absolute Gasteiger partial charge is 0.416 e. The molecule has 1 saturated heterocycles. The van der Waals surface area contributed by atoms with E-state index in [-0.39, 0.29) is 28.7 Å². The highest BCUT2D eigenvalue weighted by Gasteiger charge is 2.51. The third-order valence-electron chi connectivity index (χ3n) is 6.98. The van der Waals surface area contributed by atoms with Crippen LogP contribution in [0.5, 0.6) is 0 Å². The average molecular weight is 578 g/mol. The van der Waals surface area contributed by atoms with Crippen molar-refractivity contribution >= 4 is 43.2 Å². The fourth-order valence-corrected chi connectivity index (χ4v) is 5.41. The van der Waals surface area contributed by atoms with E-state index in [4.69, 9.17) is 16.0 Å².